The van der Waals surface area contributed by atoms with Crippen molar-refractivity contribution in [1.29, 1.82) is 0 Å². The maximum atomic E-state index is 10.4. The molecule has 36 heavy (non-hydrogen) atoms. The van der Waals surface area contributed by atoms with Crippen molar-refractivity contribution in [1.82, 2.24) is 0 Å². The molecular formula is C29H39ClO6. The highest BCUT2D eigenvalue weighted by molar-refractivity contribution is 6.31. The van der Waals surface area contributed by atoms with Crippen LogP contribution in [0.5, 0.6) is 5.75 Å². The van der Waals surface area contributed by atoms with Gasteiger partial charge in [-0.15, -0.1) is 0 Å². The van der Waals surface area contributed by atoms with Crippen molar-refractivity contribution < 1.29 is 29.5 Å². The Morgan fingerprint density at radius 1 is 1.06 bits per heavy atom. The van der Waals surface area contributed by atoms with Crippen LogP contribution < -0.4 is 4.74 Å². The van der Waals surface area contributed by atoms with Gasteiger partial charge in [-0.05, 0) is 61.1 Å². The lowest BCUT2D eigenvalue weighted by Crippen LogP contribution is -2.55. The number of halogens is 1. The topological polar surface area (TPSA) is 88.4 Å². The molecule has 4 atom stereocenters. The number of hydrogen-bond acceptors (Lipinski definition) is 6. The van der Waals surface area contributed by atoms with Crippen molar-refractivity contribution in [2.24, 2.45) is 5.41 Å². The van der Waals surface area contributed by atoms with E-state index < -0.39 is 30.7 Å². The number of rotatable bonds is 9. The third-order valence-corrected chi connectivity index (χ3v) is 8.49. The smallest absolute Gasteiger partial charge is 0.197 e. The van der Waals surface area contributed by atoms with E-state index in [9.17, 15) is 15.3 Å². The zero-order chi connectivity index (χ0) is 25.8. The van der Waals surface area contributed by atoms with Crippen LogP contribution >= 0.6 is 11.6 Å². The summed E-state index contributed by atoms with van der Waals surface area (Å²) in [6.07, 6.45) is 4.98. The highest BCUT2D eigenvalue weighted by atomic mass is 35.5. The van der Waals surface area contributed by atoms with Crippen LogP contribution in [0.1, 0.15) is 68.6 Å². The fourth-order valence-electron chi connectivity index (χ4n) is 5.60. The van der Waals surface area contributed by atoms with Gasteiger partial charge in [-0.1, -0.05) is 56.0 Å². The van der Waals surface area contributed by atoms with Gasteiger partial charge >= 0.3 is 0 Å². The molecule has 0 spiro atoms. The lowest BCUT2D eigenvalue weighted by molar-refractivity contribution is -0.323. The first-order chi connectivity index (χ1) is 17.3. The van der Waals surface area contributed by atoms with Crippen LogP contribution in [-0.2, 0) is 21.7 Å². The van der Waals surface area contributed by atoms with Gasteiger partial charge in [-0.3, -0.25) is 0 Å². The van der Waals surface area contributed by atoms with Crippen molar-refractivity contribution in [3.05, 3.63) is 64.2 Å². The number of methoxy groups -OCH3 is 1. The normalized spacial score (nSPS) is 28.1. The second-order valence-corrected chi connectivity index (χ2v) is 10.8. The Kier molecular flexibility index (Phi) is 8.97. The van der Waals surface area contributed by atoms with Gasteiger partial charge in [0.05, 0.1) is 19.3 Å². The minimum Gasteiger partial charge on any atom is -0.493 e. The average Bonchev–Trinajstić information content (AvgIpc) is 2.91. The Morgan fingerprint density at radius 2 is 1.78 bits per heavy atom. The zero-order valence-electron chi connectivity index (χ0n) is 21.3. The van der Waals surface area contributed by atoms with E-state index in [1.807, 2.05) is 18.2 Å². The number of benzene rings is 2. The standard InChI is InChI=1S/C29H39ClO6/c1-3-28(13-5-4-6-14-28)19-35-23-10-7-20(8-11-23)15-21-16-22(9-12-24(21)30)29(34-2)17-25(32)27(33)26(18-31)36-29/h7-12,16,25-27,31-33H,3-6,13-15,17-19H2,1-2H3/t25-,26-,27+,29+/m1/s1. The highest BCUT2D eigenvalue weighted by Gasteiger charge is 2.47. The summed E-state index contributed by atoms with van der Waals surface area (Å²) in [6, 6.07) is 13.6. The molecule has 0 unspecified atom stereocenters. The predicted octanol–water partition coefficient (Wildman–Crippen LogP) is 4.97. The largest absolute Gasteiger partial charge is 0.493 e. The van der Waals surface area contributed by atoms with Crippen molar-refractivity contribution in [2.45, 2.75) is 82.4 Å². The highest BCUT2D eigenvalue weighted by Crippen LogP contribution is 2.41. The molecule has 0 aromatic heterocycles. The molecule has 1 aliphatic heterocycles. The van der Waals surface area contributed by atoms with Crippen LogP contribution in [0.3, 0.4) is 0 Å². The van der Waals surface area contributed by atoms with Crippen LogP contribution in [0, 0.1) is 5.41 Å². The molecule has 0 bridgehead atoms. The van der Waals surface area contributed by atoms with E-state index in [1.54, 1.807) is 12.1 Å². The Labute approximate surface area is 219 Å². The SMILES string of the molecule is CCC1(COc2ccc(Cc3cc([C@]4(OC)C[C@@H](O)[C@H](O)[C@@H](CO)O4)ccc3Cl)cc2)CCCCC1. The predicted molar refractivity (Wildman–Crippen MR) is 139 cm³/mol. The van der Waals surface area contributed by atoms with E-state index in [4.69, 9.17) is 25.8 Å². The third kappa shape index (κ3) is 5.90. The molecule has 2 aromatic carbocycles. The van der Waals surface area contributed by atoms with Gasteiger partial charge < -0.3 is 29.5 Å². The molecule has 1 saturated heterocycles. The molecule has 2 aromatic rings. The van der Waals surface area contributed by atoms with Gasteiger partial charge in [-0.2, -0.15) is 0 Å². The number of ether oxygens (including phenoxy) is 3. The fourth-order valence-corrected chi connectivity index (χ4v) is 5.78. The van der Waals surface area contributed by atoms with E-state index in [0.717, 1.165) is 29.9 Å². The minimum absolute atomic E-state index is 0.0352. The first kappa shape index (κ1) is 27.4. The van der Waals surface area contributed by atoms with E-state index in [0.29, 0.717) is 22.4 Å². The second-order valence-electron chi connectivity index (χ2n) is 10.4. The van der Waals surface area contributed by atoms with Crippen LogP contribution in [0.2, 0.25) is 5.02 Å². The summed E-state index contributed by atoms with van der Waals surface area (Å²) in [5.74, 6) is -0.411. The summed E-state index contributed by atoms with van der Waals surface area (Å²) in [5.41, 5.74) is 2.95. The van der Waals surface area contributed by atoms with Gasteiger partial charge in [0, 0.05) is 29.5 Å². The molecule has 2 fully saturated rings. The van der Waals surface area contributed by atoms with Gasteiger partial charge in [-0.25, -0.2) is 0 Å². The summed E-state index contributed by atoms with van der Waals surface area (Å²) < 4.78 is 17.9. The molecule has 1 aliphatic carbocycles. The molecule has 0 amide bonds. The summed E-state index contributed by atoms with van der Waals surface area (Å²) in [4.78, 5) is 0. The van der Waals surface area contributed by atoms with E-state index in [1.165, 1.54) is 39.2 Å². The first-order valence-corrected chi connectivity index (χ1v) is 13.4. The summed E-state index contributed by atoms with van der Waals surface area (Å²) in [5, 5.41) is 30.8. The quantitative estimate of drug-likeness (QED) is 0.434. The molecular weight excluding hydrogens is 480 g/mol. The maximum Gasteiger partial charge on any atom is 0.197 e. The number of hydrogen-bond donors (Lipinski definition) is 3. The monoisotopic (exact) mass is 518 g/mol. The van der Waals surface area contributed by atoms with Gasteiger partial charge in [0.15, 0.2) is 5.79 Å². The van der Waals surface area contributed by atoms with Crippen molar-refractivity contribution >= 4 is 11.6 Å². The maximum absolute atomic E-state index is 10.4. The Hall–Kier alpha value is -1.67. The summed E-state index contributed by atoms with van der Waals surface area (Å²) in [6.45, 7) is 2.61. The lowest BCUT2D eigenvalue weighted by Gasteiger charge is -2.44. The van der Waals surface area contributed by atoms with Gasteiger partial charge in [0.25, 0.3) is 0 Å². The molecule has 0 radical (unpaired) electrons. The van der Waals surface area contributed by atoms with Crippen molar-refractivity contribution in [2.75, 3.05) is 20.3 Å². The van der Waals surface area contributed by atoms with Gasteiger partial charge in [0.1, 0.15) is 18.0 Å². The third-order valence-electron chi connectivity index (χ3n) is 8.12. The van der Waals surface area contributed by atoms with Crippen LogP contribution in [0.15, 0.2) is 42.5 Å². The van der Waals surface area contributed by atoms with Crippen LogP contribution in [-0.4, -0.2) is 54.0 Å². The van der Waals surface area contributed by atoms with E-state index in [2.05, 4.69) is 19.1 Å². The molecule has 3 N–H and O–H groups in total. The van der Waals surface area contributed by atoms with Crippen molar-refractivity contribution in [3.8, 4) is 5.75 Å². The average molecular weight is 519 g/mol. The van der Waals surface area contributed by atoms with E-state index in [-0.39, 0.29) is 6.42 Å². The van der Waals surface area contributed by atoms with Crippen molar-refractivity contribution in [3.63, 3.8) is 0 Å². The van der Waals surface area contributed by atoms with Crippen LogP contribution in [0.25, 0.3) is 0 Å². The van der Waals surface area contributed by atoms with E-state index >= 15 is 0 Å². The Balaban J connectivity index is 1.47. The second kappa shape index (κ2) is 11.8. The first-order valence-electron chi connectivity index (χ1n) is 13.0. The minimum atomic E-state index is -1.29. The Morgan fingerprint density at radius 3 is 2.42 bits per heavy atom. The molecule has 7 heteroatoms. The van der Waals surface area contributed by atoms with Crippen LogP contribution in [0.4, 0.5) is 0 Å². The molecule has 198 valence electrons. The molecule has 4 rings (SSSR count). The summed E-state index contributed by atoms with van der Waals surface area (Å²) >= 11 is 6.54. The molecule has 1 saturated carbocycles. The van der Waals surface area contributed by atoms with Gasteiger partial charge in [0.2, 0.25) is 0 Å². The summed E-state index contributed by atoms with van der Waals surface area (Å²) in [7, 11) is 1.49. The molecule has 6 nitrogen and oxygen atoms in total. The zero-order valence-corrected chi connectivity index (χ0v) is 22.0. The Bertz CT molecular complexity index is 990. The molecule has 1 heterocycles. The fraction of sp³-hybridized carbons (Fsp3) is 0.586. The lowest BCUT2D eigenvalue weighted by atomic mass is 9.73. The number of aliphatic hydroxyl groups excluding tert-OH is 3. The molecule has 2 aliphatic rings. The number of aliphatic hydroxyl groups is 3.